The fourth-order valence-corrected chi connectivity index (χ4v) is 2.72. The van der Waals surface area contributed by atoms with Crippen LogP contribution >= 0.6 is 15.9 Å². The van der Waals surface area contributed by atoms with Gasteiger partial charge < -0.3 is 10.1 Å². The highest BCUT2D eigenvalue weighted by molar-refractivity contribution is 9.10. The standard InChI is InChI=1S/C9H10BrN.C8H6F4O/c10-8-4-1-5-9-7(8)3-2-6-11-9;9-7(10)8(11,12)13-6-4-2-1-3-5-6/h1,4-5,11H,2-3,6H2;1-5,7H. The SMILES string of the molecule is Brc1cccc2c1CCCN2.FC(F)C(F)(F)Oc1ccccc1. The molecule has 3 rings (SSSR count). The Balaban J connectivity index is 0.000000175. The van der Waals surface area contributed by atoms with Crippen molar-refractivity contribution in [1.82, 2.24) is 0 Å². The Morgan fingerprint density at radius 1 is 1.04 bits per heavy atom. The lowest BCUT2D eigenvalue weighted by Crippen LogP contribution is -2.33. The molecule has 0 saturated heterocycles. The molecule has 0 aromatic heterocycles. The predicted molar refractivity (Wildman–Crippen MR) is 89.0 cm³/mol. The van der Waals surface area contributed by atoms with Gasteiger partial charge >= 0.3 is 12.5 Å². The Labute approximate surface area is 146 Å². The topological polar surface area (TPSA) is 21.3 Å². The van der Waals surface area contributed by atoms with Crippen LogP contribution in [0.1, 0.15) is 12.0 Å². The van der Waals surface area contributed by atoms with Gasteiger partial charge in [0.25, 0.3) is 0 Å². The molecule has 0 aliphatic carbocycles. The maximum atomic E-state index is 12.3. The van der Waals surface area contributed by atoms with E-state index in [1.165, 1.54) is 52.8 Å². The number of alkyl halides is 4. The van der Waals surface area contributed by atoms with Crippen molar-refractivity contribution in [3.63, 3.8) is 0 Å². The molecule has 0 amide bonds. The van der Waals surface area contributed by atoms with E-state index < -0.39 is 12.5 Å². The number of anilines is 1. The number of fused-ring (bicyclic) bond motifs is 1. The molecular formula is C17H16BrF4NO. The molecule has 1 aliphatic rings. The summed E-state index contributed by atoms with van der Waals surface area (Å²) < 4.78 is 52.8. The van der Waals surface area contributed by atoms with Crippen molar-refractivity contribution < 1.29 is 22.3 Å². The van der Waals surface area contributed by atoms with E-state index in [2.05, 4.69) is 44.2 Å². The number of nitrogens with one attached hydrogen (secondary N) is 1. The Bertz CT molecular complexity index is 652. The fourth-order valence-electron chi connectivity index (χ4n) is 2.16. The molecule has 0 unspecified atom stereocenters. The van der Waals surface area contributed by atoms with Gasteiger partial charge in [0.05, 0.1) is 0 Å². The molecule has 0 spiro atoms. The lowest BCUT2D eigenvalue weighted by molar-refractivity contribution is -0.253. The minimum atomic E-state index is -4.43. The average Bonchev–Trinajstić information content (AvgIpc) is 2.56. The molecular weight excluding hydrogens is 390 g/mol. The summed E-state index contributed by atoms with van der Waals surface area (Å²) in [5, 5.41) is 3.37. The highest BCUT2D eigenvalue weighted by Gasteiger charge is 2.43. The molecule has 2 aromatic rings. The summed E-state index contributed by atoms with van der Waals surface area (Å²) in [5.74, 6) is -0.284. The fraction of sp³-hybridized carbons (Fsp3) is 0.294. The van der Waals surface area contributed by atoms with E-state index in [1.807, 2.05) is 0 Å². The molecule has 2 nitrogen and oxygen atoms in total. The summed E-state index contributed by atoms with van der Waals surface area (Å²) in [6.07, 6.45) is -5.81. The van der Waals surface area contributed by atoms with Gasteiger partial charge in [0.15, 0.2) is 0 Å². The molecule has 2 aromatic carbocycles. The minimum absolute atomic E-state index is 0.284. The zero-order valence-corrected chi connectivity index (χ0v) is 14.2. The maximum Gasteiger partial charge on any atom is 0.461 e. The van der Waals surface area contributed by atoms with Gasteiger partial charge in [-0.25, -0.2) is 0 Å². The van der Waals surface area contributed by atoms with Crippen LogP contribution in [0.4, 0.5) is 23.2 Å². The van der Waals surface area contributed by atoms with Gasteiger partial charge in [-0.3, -0.25) is 0 Å². The molecule has 7 heteroatoms. The highest BCUT2D eigenvalue weighted by atomic mass is 79.9. The lowest BCUT2D eigenvalue weighted by atomic mass is 10.0. The summed E-state index contributed by atoms with van der Waals surface area (Å²) in [4.78, 5) is 0. The van der Waals surface area contributed by atoms with E-state index in [9.17, 15) is 17.6 Å². The van der Waals surface area contributed by atoms with Crippen molar-refractivity contribution in [3.05, 3.63) is 58.6 Å². The van der Waals surface area contributed by atoms with Gasteiger partial charge in [-0.2, -0.15) is 17.6 Å². The van der Waals surface area contributed by atoms with E-state index >= 15 is 0 Å². The quantitative estimate of drug-likeness (QED) is 0.658. The zero-order valence-electron chi connectivity index (χ0n) is 12.6. The second-order valence-electron chi connectivity index (χ2n) is 5.07. The first-order valence-corrected chi connectivity index (χ1v) is 8.11. The van der Waals surface area contributed by atoms with Crippen molar-refractivity contribution in [2.45, 2.75) is 25.4 Å². The zero-order chi connectivity index (χ0) is 17.6. The molecule has 1 aliphatic heterocycles. The van der Waals surface area contributed by atoms with Gasteiger partial charge in [0.1, 0.15) is 5.75 Å². The van der Waals surface area contributed by atoms with Crippen LogP contribution in [0.15, 0.2) is 53.0 Å². The molecule has 0 bridgehead atoms. The van der Waals surface area contributed by atoms with E-state index in [0.717, 1.165) is 6.54 Å². The Hall–Kier alpha value is -1.76. The van der Waals surface area contributed by atoms with Crippen LogP contribution in [0.5, 0.6) is 5.75 Å². The number of halogens is 5. The van der Waals surface area contributed by atoms with E-state index in [0.29, 0.717) is 0 Å². The van der Waals surface area contributed by atoms with Crippen molar-refractivity contribution in [2.75, 3.05) is 11.9 Å². The summed E-state index contributed by atoms with van der Waals surface area (Å²) in [6, 6.07) is 13.1. The molecule has 0 radical (unpaired) electrons. The first kappa shape index (κ1) is 18.6. The number of ether oxygens (including phenoxy) is 1. The van der Waals surface area contributed by atoms with Crippen LogP contribution in [-0.2, 0) is 6.42 Å². The van der Waals surface area contributed by atoms with Crippen molar-refractivity contribution in [1.29, 1.82) is 0 Å². The van der Waals surface area contributed by atoms with Crippen molar-refractivity contribution >= 4 is 21.6 Å². The second-order valence-corrected chi connectivity index (χ2v) is 5.93. The number of hydrogen-bond donors (Lipinski definition) is 1. The number of benzene rings is 2. The lowest BCUT2D eigenvalue weighted by Gasteiger charge is -2.18. The third kappa shape index (κ3) is 5.12. The second kappa shape index (κ2) is 8.37. The normalized spacial score (nSPS) is 13.4. The number of hydrogen-bond acceptors (Lipinski definition) is 2. The maximum absolute atomic E-state index is 12.3. The highest BCUT2D eigenvalue weighted by Crippen LogP contribution is 2.28. The monoisotopic (exact) mass is 405 g/mol. The van der Waals surface area contributed by atoms with Gasteiger partial charge in [0, 0.05) is 16.7 Å². The molecule has 24 heavy (non-hydrogen) atoms. The molecule has 1 N–H and O–H groups in total. The van der Waals surface area contributed by atoms with Crippen molar-refractivity contribution in [2.24, 2.45) is 0 Å². The Morgan fingerprint density at radius 3 is 2.38 bits per heavy atom. The number of para-hydroxylation sites is 1. The van der Waals surface area contributed by atoms with Gasteiger partial charge in [-0.1, -0.05) is 40.2 Å². The number of rotatable bonds is 3. The van der Waals surface area contributed by atoms with Gasteiger partial charge in [-0.15, -0.1) is 0 Å². The largest absolute Gasteiger partial charge is 0.461 e. The smallest absolute Gasteiger partial charge is 0.428 e. The Kier molecular flexibility index (Phi) is 6.48. The summed E-state index contributed by atoms with van der Waals surface area (Å²) >= 11 is 3.54. The van der Waals surface area contributed by atoms with Gasteiger partial charge in [0.2, 0.25) is 0 Å². The van der Waals surface area contributed by atoms with E-state index in [-0.39, 0.29) is 5.75 Å². The molecule has 130 valence electrons. The Morgan fingerprint density at radius 2 is 1.75 bits per heavy atom. The first-order chi connectivity index (χ1) is 11.4. The van der Waals surface area contributed by atoms with E-state index in [1.54, 1.807) is 6.07 Å². The van der Waals surface area contributed by atoms with Crippen LogP contribution in [0, 0.1) is 0 Å². The van der Waals surface area contributed by atoms with Crippen LogP contribution in [0.2, 0.25) is 0 Å². The van der Waals surface area contributed by atoms with Crippen molar-refractivity contribution in [3.8, 4) is 5.75 Å². The first-order valence-electron chi connectivity index (χ1n) is 7.31. The third-order valence-electron chi connectivity index (χ3n) is 3.29. The molecule has 0 atom stereocenters. The molecule has 0 fully saturated rings. The predicted octanol–water partition coefficient (Wildman–Crippen LogP) is 5.73. The summed E-state index contributed by atoms with van der Waals surface area (Å²) in [6.45, 7) is 1.11. The molecule has 1 heterocycles. The van der Waals surface area contributed by atoms with Crippen LogP contribution in [0.25, 0.3) is 0 Å². The van der Waals surface area contributed by atoms with Crippen LogP contribution in [0.3, 0.4) is 0 Å². The van der Waals surface area contributed by atoms with Gasteiger partial charge in [-0.05, 0) is 42.7 Å². The van der Waals surface area contributed by atoms with Crippen LogP contribution in [-0.4, -0.2) is 19.1 Å². The summed E-state index contributed by atoms with van der Waals surface area (Å²) in [7, 11) is 0. The third-order valence-corrected chi connectivity index (χ3v) is 4.03. The molecule has 0 saturated carbocycles. The van der Waals surface area contributed by atoms with E-state index in [4.69, 9.17) is 0 Å². The average molecular weight is 406 g/mol. The summed E-state index contributed by atoms with van der Waals surface area (Å²) in [5.41, 5.74) is 2.73. The minimum Gasteiger partial charge on any atom is -0.428 e. The van der Waals surface area contributed by atoms with Crippen LogP contribution < -0.4 is 10.1 Å².